The van der Waals surface area contributed by atoms with E-state index in [1.807, 2.05) is 7.11 Å². The smallest absolute Gasteiger partial charge is 0.0829 e. The van der Waals surface area contributed by atoms with Crippen LogP contribution < -0.4 is 0 Å². The second kappa shape index (κ2) is 7.05. The van der Waals surface area contributed by atoms with E-state index in [2.05, 4.69) is 46.2 Å². The zero-order valence-electron chi connectivity index (χ0n) is 12.7. The quantitative estimate of drug-likeness (QED) is 0.551. The van der Waals surface area contributed by atoms with E-state index in [-0.39, 0.29) is 5.60 Å². The molecule has 0 aromatic carbocycles. The van der Waals surface area contributed by atoms with Crippen molar-refractivity contribution in [3.05, 3.63) is 0 Å². The van der Waals surface area contributed by atoms with Gasteiger partial charge in [0.15, 0.2) is 0 Å². The summed E-state index contributed by atoms with van der Waals surface area (Å²) in [6.45, 7) is 10.6. The van der Waals surface area contributed by atoms with Gasteiger partial charge in [-0.25, -0.2) is 0 Å². The molecule has 112 valence electrons. The van der Waals surface area contributed by atoms with Gasteiger partial charge in [-0.2, -0.15) is 0 Å². The Hall–Kier alpha value is 0.610. The summed E-state index contributed by atoms with van der Waals surface area (Å²) < 4.78 is 6.85. The van der Waals surface area contributed by atoms with Gasteiger partial charge >= 0.3 is 0 Å². The van der Waals surface area contributed by atoms with Gasteiger partial charge in [0.05, 0.1) is 5.60 Å². The van der Waals surface area contributed by atoms with Gasteiger partial charge in [-0.3, -0.25) is 0 Å². The predicted molar refractivity (Wildman–Crippen MR) is 89.2 cm³/mol. The van der Waals surface area contributed by atoms with Crippen LogP contribution in [0.4, 0.5) is 0 Å². The molecule has 3 nitrogen and oxygen atoms in total. The molecule has 4 heteroatoms. The van der Waals surface area contributed by atoms with Crippen molar-refractivity contribution < 1.29 is 4.74 Å². The molecule has 0 radical (unpaired) electrons. The van der Waals surface area contributed by atoms with Crippen LogP contribution in [-0.4, -0.2) is 65.2 Å². The maximum absolute atomic E-state index is 5.97. The molecule has 0 spiro atoms. The van der Waals surface area contributed by atoms with Crippen LogP contribution in [0.5, 0.6) is 0 Å². The number of hydrogen-bond donors (Lipinski definition) is 0. The molecule has 2 saturated heterocycles. The first-order chi connectivity index (χ1) is 9.04. The van der Waals surface area contributed by atoms with Crippen LogP contribution in [0.1, 0.15) is 39.5 Å². The van der Waals surface area contributed by atoms with E-state index >= 15 is 0 Å². The van der Waals surface area contributed by atoms with Crippen molar-refractivity contribution in [2.45, 2.75) is 55.1 Å². The molecule has 0 unspecified atom stereocenters. The highest BCUT2D eigenvalue weighted by Gasteiger charge is 2.37. The first kappa shape index (κ1) is 16.0. The average molecular weight is 380 g/mol. The molecule has 0 atom stereocenters. The predicted octanol–water partition coefficient (Wildman–Crippen LogP) is 2.78. The zero-order valence-corrected chi connectivity index (χ0v) is 14.9. The van der Waals surface area contributed by atoms with Gasteiger partial charge in [0.1, 0.15) is 0 Å². The lowest BCUT2D eigenvalue weighted by Gasteiger charge is -2.45. The molecule has 2 rings (SSSR count). The van der Waals surface area contributed by atoms with Crippen molar-refractivity contribution in [3.8, 4) is 0 Å². The molecule has 0 aliphatic carbocycles. The van der Waals surface area contributed by atoms with E-state index in [4.69, 9.17) is 4.74 Å². The Balaban J connectivity index is 1.86. The van der Waals surface area contributed by atoms with Crippen molar-refractivity contribution in [2.24, 2.45) is 0 Å². The first-order valence-electron chi connectivity index (χ1n) is 7.70. The van der Waals surface area contributed by atoms with Crippen molar-refractivity contribution in [1.82, 2.24) is 9.80 Å². The standard InChI is InChI=1S/C15H29IN2O/c1-13(2)18-10-6-15(19-3,7-11-18)12-17-8-4-14(16)5-9-17/h13-14H,4-12H2,1-3H3. The highest BCUT2D eigenvalue weighted by Crippen LogP contribution is 2.29. The molecule has 0 N–H and O–H groups in total. The van der Waals surface area contributed by atoms with Gasteiger partial charge < -0.3 is 14.5 Å². The summed E-state index contributed by atoms with van der Waals surface area (Å²) in [4.78, 5) is 5.21. The van der Waals surface area contributed by atoms with Gasteiger partial charge in [0.25, 0.3) is 0 Å². The highest BCUT2D eigenvalue weighted by molar-refractivity contribution is 14.1. The molecule has 2 heterocycles. The number of alkyl halides is 1. The van der Waals surface area contributed by atoms with Crippen molar-refractivity contribution in [1.29, 1.82) is 0 Å². The van der Waals surface area contributed by atoms with Gasteiger partial charge in [0, 0.05) is 36.7 Å². The van der Waals surface area contributed by atoms with E-state index in [9.17, 15) is 0 Å². The Morgan fingerprint density at radius 3 is 2.21 bits per heavy atom. The summed E-state index contributed by atoms with van der Waals surface area (Å²) in [6, 6.07) is 0.671. The van der Waals surface area contributed by atoms with Crippen LogP contribution in [0.25, 0.3) is 0 Å². The lowest BCUT2D eigenvalue weighted by Crippen LogP contribution is -2.54. The Kier molecular flexibility index (Phi) is 5.93. The van der Waals surface area contributed by atoms with Crippen molar-refractivity contribution >= 4 is 22.6 Å². The van der Waals surface area contributed by atoms with E-state index in [1.165, 1.54) is 51.9 Å². The second-order valence-corrected chi connectivity index (χ2v) is 8.23. The third-order valence-corrected chi connectivity index (χ3v) is 6.15. The number of piperidine rings is 2. The van der Waals surface area contributed by atoms with Gasteiger partial charge in [0.2, 0.25) is 0 Å². The third kappa shape index (κ3) is 4.29. The number of nitrogens with zero attached hydrogens (tertiary/aromatic N) is 2. The second-order valence-electron chi connectivity index (χ2n) is 6.47. The lowest BCUT2D eigenvalue weighted by molar-refractivity contribution is -0.0818. The Bertz CT molecular complexity index is 269. The van der Waals surface area contributed by atoms with Crippen LogP contribution in [0.2, 0.25) is 0 Å². The summed E-state index contributed by atoms with van der Waals surface area (Å²) in [5.74, 6) is 0. The first-order valence-corrected chi connectivity index (χ1v) is 8.95. The molecule has 0 amide bonds. The summed E-state index contributed by atoms with van der Waals surface area (Å²) in [5.41, 5.74) is 0.115. The number of likely N-dealkylation sites (tertiary alicyclic amines) is 2. The number of ether oxygens (including phenoxy) is 1. The van der Waals surface area contributed by atoms with Crippen LogP contribution in [0, 0.1) is 0 Å². The number of methoxy groups -OCH3 is 1. The lowest BCUT2D eigenvalue weighted by atomic mass is 9.89. The van der Waals surface area contributed by atoms with Crippen LogP contribution >= 0.6 is 22.6 Å². The molecule has 19 heavy (non-hydrogen) atoms. The minimum atomic E-state index is 0.115. The van der Waals surface area contributed by atoms with Crippen LogP contribution in [-0.2, 0) is 4.74 Å². The van der Waals surface area contributed by atoms with Crippen molar-refractivity contribution in [3.63, 3.8) is 0 Å². The minimum Gasteiger partial charge on any atom is -0.377 e. The largest absolute Gasteiger partial charge is 0.377 e. The molecule has 0 bridgehead atoms. The molecule has 0 aromatic rings. The maximum Gasteiger partial charge on any atom is 0.0829 e. The summed E-state index contributed by atoms with van der Waals surface area (Å²) in [6.07, 6.45) is 5.06. The van der Waals surface area contributed by atoms with E-state index in [1.54, 1.807) is 0 Å². The average Bonchev–Trinajstić information content (AvgIpc) is 2.42. The van der Waals surface area contributed by atoms with Gasteiger partial charge in [-0.1, -0.05) is 22.6 Å². The Morgan fingerprint density at radius 2 is 1.74 bits per heavy atom. The number of halogens is 1. The van der Waals surface area contributed by atoms with Crippen molar-refractivity contribution in [2.75, 3.05) is 39.8 Å². The summed E-state index contributed by atoms with van der Waals surface area (Å²) in [5, 5.41) is 0. The highest BCUT2D eigenvalue weighted by atomic mass is 127. The fourth-order valence-electron chi connectivity index (χ4n) is 3.34. The zero-order chi connectivity index (χ0) is 13.9. The molecule has 2 fully saturated rings. The fraction of sp³-hybridized carbons (Fsp3) is 1.00. The SMILES string of the molecule is COC1(CN2CCC(I)CC2)CCN(C(C)C)CC1. The third-order valence-electron chi connectivity index (χ3n) is 4.90. The van der Waals surface area contributed by atoms with Gasteiger partial charge in [-0.15, -0.1) is 0 Å². The molecular weight excluding hydrogens is 351 g/mol. The summed E-state index contributed by atoms with van der Waals surface area (Å²) in [7, 11) is 1.91. The van der Waals surface area contributed by atoms with E-state index < -0.39 is 0 Å². The maximum atomic E-state index is 5.97. The van der Waals surface area contributed by atoms with E-state index in [0.29, 0.717) is 6.04 Å². The topological polar surface area (TPSA) is 15.7 Å². The molecular formula is C15H29IN2O. The molecule has 2 aliphatic heterocycles. The monoisotopic (exact) mass is 380 g/mol. The van der Waals surface area contributed by atoms with Crippen LogP contribution in [0.3, 0.4) is 0 Å². The number of hydrogen-bond acceptors (Lipinski definition) is 3. The fourth-order valence-corrected chi connectivity index (χ4v) is 3.90. The van der Waals surface area contributed by atoms with Crippen LogP contribution in [0.15, 0.2) is 0 Å². The number of rotatable bonds is 4. The summed E-state index contributed by atoms with van der Waals surface area (Å²) >= 11 is 2.60. The Morgan fingerprint density at radius 1 is 1.16 bits per heavy atom. The normalized spacial score (nSPS) is 27.0. The van der Waals surface area contributed by atoms with Gasteiger partial charge in [-0.05, 0) is 52.6 Å². The Labute approximate surface area is 132 Å². The molecule has 2 aliphatic rings. The van der Waals surface area contributed by atoms with E-state index in [0.717, 1.165) is 10.5 Å². The molecule has 0 saturated carbocycles. The minimum absolute atomic E-state index is 0.115. The molecule has 0 aromatic heterocycles.